The Labute approximate surface area is 105 Å². The fourth-order valence-corrected chi connectivity index (χ4v) is 3.21. The highest BCUT2D eigenvalue weighted by Gasteiger charge is 2.07. The zero-order valence-electron chi connectivity index (χ0n) is 10.5. The fraction of sp³-hybridized carbons (Fsp3) is 1.00. The first kappa shape index (κ1) is 16.3. The molecule has 0 fully saturated rings. The van der Waals surface area contributed by atoms with E-state index in [0.717, 1.165) is 19.4 Å². The highest BCUT2D eigenvalue weighted by Crippen LogP contribution is 2.01. The van der Waals surface area contributed by atoms with Crippen LogP contribution in [0.3, 0.4) is 0 Å². The molecule has 0 radical (unpaired) electrons. The van der Waals surface area contributed by atoms with Crippen LogP contribution in [0, 0.1) is 0 Å². The third-order valence-electron chi connectivity index (χ3n) is 2.31. The molecule has 0 spiro atoms. The molecular weight excluding hydrogens is 242 g/mol. The Bertz CT molecular complexity index is 240. The molecule has 98 valence electrons. The zero-order chi connectivity index (χ0) is 12.3. The van der Waals surface area contributed by atoms with E-state index in [4.69, 9.17) is 0 Å². The first-order chi connectivity index (χ1) is 7.62. The molecule has 0 aromatic carbocycles. The van der Waals surface area contributed by atoms with Gasteiger partial charge >= 0.3 is 0 Å². The molecule has 0 saturated heterocycles. The van der Waals surface area contributed by atoms with E-state index in [9.17, 15) is 8.42 Å². The summed E-state index contributed by atoms with van der Waals surface area (Å²) in [5, 5.41) is 3.19. The molecular formula is C11H25NO2S2. The summed E-state index contributed by atoms with van der Waals surface area (Å²) >= 11 is 1.88. The van der Waals surface area contributed by atoms with Crippen molar-refractivity contribution in [2.45, 2.75) is 32.6 Å². The van der Waals surface area contributed by atoms with Crippen molar-refractivity contribution in [3.05, 3.63) is 0 Å². The third kappa shape index (κ3) is 10.8. The largest absolute Gasteiger partial charge is 0.316 e. The zero-order valence-corrected chi connectivity index (χ0v) is 12.1. The number of unbranched alkanes of at least 4 members (excludes halogenated alkanes) is 2. The van der Waals surface area contributed by atoms with E-state index in [-0.39, 0.29) is 5.75 Å². The molecule has 3 nitrogen and oxygen atoms in total. The van der Waals surface area contributed by atoms with Crippen LogP contribution < -0.4 is 5.32 Å². The van der Waals surface area contributed by atoms with Crippen LogP contribution in [-0.2, 0) is 9.84 Å². The van der Waals surface area contributed by atoms with Gasteiger partial charge in [0.15, 0.2) is 9.84 Å². The summed E-state index contributed by atoms with van der Waals surface area (Å²) in [4.78, 5) is 0. The number of hydrogen-bond acceptors (Lipinski definition) is 4. The second-order valence-electron chi connectivity index (χ2n) is 3.96. The Hall–Kier alpha value is 0.260. The molecule has 0 aliphatic rings. The summed E-state index contributed by atoms with van der Waals surface area (Å²) < 4.78 is 22.7. The van der Waals surface area contributed by atoms with Gasteiger partial charge in [-0.15, -0.1) is 0 Å². The highest BCUT2D eigenvalue weighted by molar-refractivity contribution is 7.98. The van der Waals surface area contributed by atoms with E-state index in [0.29, 0.717) is 12.3 Å². The molecule has 0 atom stereocenters. The predicted octanol–water partition coefficient (Wildman–Crippen LogP) is 1.93. The number of sulfone groups is 1. The van der Waals surface area contributed by atoms with E-state index < -0.39 is 9.84 Å². The van der Waals surface area contributed by atoms with Gasteiger partial charge in [-0.25, -0.2) is 8.42 Å². The van der Waals surface area contributed by atoms with Crippen LogP contribution in [0.1, 0.15) is 32.6 Å². The van der Waals surface area contributed by atoms with Crippen molar-refractivity contribution in [3.8, 4) is 0 Å². The lowest BCUT2D eigenvalue weighted by molar-refractivity contribution is 0.585. The minimum Gasteiger partial charge on any atom is -0.316 e. The molecule has 0 aliphatic carbocycles. The van der Waals surface area contributed by atoms with Crippen LogP contribution >= 0.6 is 11.8 Å². The van der Waals surface area contributed by atoms with E-state index in [2.05, 4.69) is 11.6 Å². The van der Waals surface area contributed by atoms with Gasteiger partial charge in [0.2, 0.25) is 0 Å². The van der Waals surface area contributed by atoms with Gasteiger partial charge in [-0.1, -0.05) is 13.3 Å². The van der Waals surface area contributed by atoms with Crippen LogP contribution in [0.4, 0.5) is 0 Å². The van der Waals surface area contributed by atoms with Gasteiger partial charge in [0.05, 0.1) is 5.75 Å². The number of rotatable bonds is 11. The summed E-state index contributed by atoms with van der Waals surface area (Å²) in [7, 11) is -2.80. The van der Waals surface area contributed by atoms with Crippen molar-refractivity contribution in [1.29, 1.82) is 0 Å². The van der Waals surface area contributed by atoms with Crippen LogP contribution in [-0.4, -0.2) is 45.0 Å². The predicted molar refractivity (Wildman–Crippen MR) is 74.0 cm³/mol. The highest BCUT2D eigenvalue weighted by atomic mass is 32.2. The molecule has 0 unspecified atom stereocenters. The van der Waals surface area contributed by atoms with Crippen LogP contribution in [0.5, 0.6) is 0 Å². The number of hydrogen-bond donors (Lipinski definition) is 1. The van der Waals surface area contributed by atoms with Gasteiger partial charge in [-0.2, -0.15) is 11.8 Å². The van der Waals surface area contributed by atoms with E-state index >= 15 is 0 Å². The van der Waals surface area contributed by atoms with Crippen molar-refractivity contribution in [2.24, 2.45) is 0 Å². The monoisotopic (exact) mass is 267 g/mol. The molecule has 1 N–H and O–H groups in total. The first-order valence-electron chi connectivity index (χ1n) is 6.02. The van der Waals surface area contributed by atoms with Gasteiger partial charge in [0.1, 0.15) is 0 Å². The summed E-state index contributed by atoms with van der Waals surface area (Å²) in [5.41, 5.74) is 0. The van der Waals surface area contributed by atoms with Gasteiger partial charge in [0.25, 0.3) is 0 Å². The molecule has 0 aromatic rings. The molecule has 16 heavy (non-hydrogen) atoms. The maximum Gasteiger partial charge on any atom is 0.151 e. The number of thioether (sulfide) groups is 1. The van der Waals surface area contributed by atoms with Crippen molar-refractivity contribution in [3.63, 3.8) is 0 Å². The quantitative estimate of drug-likeness (QED) is 0.581. The Balaban J connectivity index is 3.27. The molecule has 0 saturated carbocycles. The Morgan fingerprint density at radius 1 is 1.06 bits per heavy atom. The van der Waals surface area contributed by atoms with Gasteiger partial charge in [-0.3, -0.25) is 0 Å². The normalized spacial score (nSPS) is 11.9. The Morgan fingerprint density at radius 3 is 2.44 bits per heavy atom. The number of nitrogens with one attached hydrogen (secondary N) is 1. The van der Waals surface area contributed by atoms with Crippen LogP contribution in [0.25, 0.3) is 0 Å². The first-order valence-corrected chi connectivity index (χ1v) is 9.24. The topological polar surface area (TPSA) is 46.2 Å². The summed E-state index contributed by atoms with van der Waals surface area (Å²) in [6.45, 7) is 3.44. The van der Waals surface area contributed by atoms with Crippen LogP contribution in [0.2, 0.25) is 0 Å². The van der Waals surface area contributed by atoms with Crippen molar-refractivity contribution in [2.75, 3.05) is 36.6 Å². The molecule has 0 rings (SSSR count). The van der Waals surface area contributed by atoms with Crippen molar-refractivity contribution >= 4 is 21.6 Å². The third-order valence-corrected chi connectivity index (χ3v) is 4.86. The molecule has 5 heteroatoms. The maximum atomic E-state index is 11.4. The lowest BCUT2D eigenvalue weighted by atomic mass is 10.2. The minimum absolute atomic E-state index is 0.283. The molecule has 0 aliphatic heterocycles. The van der Waals surface area contributed by atoms with Gasteiger partial charge in [0, 0.05) is 12.3 Å². The Kier molecular flexibility index (Phi) is 10.6. The lowest BCUT2D eigenvalue weighted by Crippen LogP contribution is -2.25. The van der Waals surface area contributed by atoms with Crippen LogP contribution in [0.15, 0.2) is 0 Å². The average Bonchev–Trinajstić information content (AvgIpc) is 2.22. The fourth-order valence-electron chi connectivity index (χ4n) is 1.44. The molecule has 0 aromatic heterocycles. The van der Waals surface area contributed by atoms with E-state index in [1.54, 1.807) is 0 Å². The van der Waals surface area contributed by atoms with Gasteiger partial charge in [-0.05, 0) is 37.8 Å². The lowest BCUT2D eigenvalue weighted by Gasteiger charge is -2.05. The van der Waals surface area contributed by atoms with E-state index in [1.807, 2.05) is 18.7 Å². The maximum absolute atomic E-state index is 11.4. The second kappa shape index (κ2) is 10.4. The standard InChI is InChI=1S/C11H25NO2S2/c1-3-10-16(13,14)11-8-12-7-5-4-6-9-15-2/h12H,3-11H2,1-2H3. The van der Waals surface area contributed by atoms with Crippen molar-refractivity contribution in [1.82, 2.24) is 5.32 Å². The summed E-state index contributed by atoms with van der Waals surface area (Å²) in [6, 6.07) is 0. The SMILES string of the molecule is CCCS(=O)(=O)CCNCCCCCSC. The average molecular weight is 267 g/mol. The molecule has 0 amide bonds. The van der Waals surface area contributed by atoms with E-state index in [1.165, 1.54) is 18.6 Å². The molecule has 0 bridgehead atoms. The summed E-state index contributed by atoms with van der Waals surface area (Å²) in [6.07, 6.45) is 6.48. The Morgan fingerprint density at radius 2 is 1.81 bits per heavy atom. The summed E-state index contributed by atoms with van der Waals surface area (Å²) in [5.74, 6) is 1.83. The molecule has 0 heterocycles. The second-order valence-corrected chi connectivity index (χ2v) is 7.24. The smallest absolute Gasteiger partial charge is 0.151 e. The minimum atomic E-state index is -2.80. The van der Waals surface area contributed by atoms with Gasteiger partial charge < -0.3 is 5.32 Å². The van der Waals surface area contributed by atoms with Crippen molar-refractivity contribution < 1.29 is 8.42 Å².